The maximum Gasteiger partial charge on any atom is 0.534 e. The Morgan fingerprint density at radius 3 is 2.53 bits per heavy atom. The smallest absolute Gasteiger partial charge is 0.469 e. The van der Waals surface area contributed by atoms with Gasteiger partial charge < -0.3 is 13.7 Å². The van der Waals surface area contributed by atoms with Crippen LogP contribution in [0.15, 0.2) is 12.0 Å². The van der Waals surface area contributed by atoms with Crippen molar-refractivity contribution in [3.05, 3.63) is 12.0 Å². The van der Waals surface area contributed by atoms with Crippen molar-refractivity contribution in [2.45, 2.75) is 18.7 Å². The first-order valence-corrected chi connectivity index (χ1v) is 5.10. The van der Waals surface area contributed by atoms with Crippen LogP contribution in [0, 0.1) is 0 Å². The van der Waals surface area contributed by atoms with Gasteiger partial charge in [-0.3, -0.25) is 0 Å². The second-order valence-electron chi connectivity index (χ2n) is 2.58. The molecule has 0 N–H and O–H groups in total. The minimum Gasteiger partial charge on any atom is -0.469 e. The number of ether oxygens (including phenoxy) is 2. The van der Waals surface area contributed by atoms with Crippen molar-refractivity contribution in [3.8, 4) is 0 Å². The van der Waals surface area contributed by atoms with E-state index in [4.69, 9.17) is 4.74 Å². The molecule has 0 aromatic heterocycles. The van der Waals surface area contributed by atoms with Crippen LogP contribution in [0.3, 0.4) is 0 Å². The summed E-state index contributed by atoms with van der Waals surface area (Å²) < 4.78 is 69.6. The van der Waals surface area contributed by atoms with E-state index in [1.807, 2.05) is 0 Å². The summed E-state index contributed by atoms with van der Waals surface area (Å²) >= 11 is 0. The molecule has 0 saturated carbocycles. The largest absolute Gasteiger partial charge is 0.534 e. The Kier molecular flexibility index (Phi) is 3.14. The summed E-state index contributed by atoms with van der Waals surface area (Å²) in [6, 6.07) is 0. The molecule has 0 radical (unpaired) electrons. The molecule has 1 aliphatic heterocycles. The molecule has 9 heteroatoms. The first-order valence-electron chi connectivity index (χ1n) is 3.69. The second kappa shape index (κ2) is 3.89. The van der Waals surface area contributed by atoms with Gasteiger partial charge in [0.1, 0.15) is 12.9 Å². The van der Waals surface area contributed by atoms with Crippen LogP contribution < -0.4 is 0 Å². The fourth-order valence-electron chi connectivity index (χ4n) is 0.676. The van der Waals surface area contributed by atoms with Crippen LogP contribution in [-0.4, -0.2) is 26.8 Å². The fourth-order valence-corrected chi connectivity index (χ4v) is 1.14. The van der Waals surface area contributed by atoms with E-state index in [0.29, 0.717) is 0 Å². The number of hydrogen-bond donors (Lipinski definition) is 0. The molecular weight excluding hydrogens is 241 g/mol. The van der Waals surface area contributed by atoms with Gasteiger partial charge in [0.2, 0.25) is 0 Å². The summed E-state index contributed by atoms with van der Waals surface area (Å²) in [5.74, 6) is -0.551. The van der Waals surface area contributed by atoms with Gasteiger partial charge in [-0.25, -0.2) is 0 Å². The number of alkyl halides is 3. The minimum atomic E-state index is -5.64. The average molecular weight is 248 g/mol. The number of hydrogen-bond acceptors (Lipinski definition) is 5. The van der Waals surface area contributed by atoms with Crippen LogP contribution in [0.5, 0.6) is 0 Å². The number of halogens is 3. The van der Waals surface area contributed by atoms with Crippen molar-refractivity contribution >= 4 is 10.1 Å². The van der Waals surface area contributed by atoms with Crippen molar-refractivity contribution in [1.29, 1.82) is 0 Å². The molecule has 0 aromatic carbocycles. The fraction of sp³-hybridized carbons (Fsp3) is 0.667. The van der Waals surface area contributed by atoms with Gasteiger partial charge in [0, 0.05) is 0 Å². The maximum atomic E-state index is 11.8. The Bertz CT molecular complexity index is 357. The molecule has 5 nitrogen and oxygen atoms in total. The lowest BCUT2D eigenvalue weighted by Gasteiger charge is -2.20. The normalized spacial score (nSPS) is 22.9. The Morgan fingerprint density at radius 2 is 2.13 bits per heavy atom. The van der Waals surface area contributed by atoms with Crippen LogP contribution in [-0.2, 0) is 23.8 Å². The van der Waals surface area contributed by atoms with Crippen molar-refractivity contribution in [2.75, 3.05) is 6.61 Å². The van der Waals surface area contributed by atoms with E-state index < -0.39 is 34.3 Å². The zero-order valence-electron chi connectivity index (χ0n) is 7.45. The van der Waals surface area contributed by atoms with Crippen LogP contribution >= 0.6 is 0 Å². The molecular formula is C6H7F3O5S. The van der Waals surface area contributed by atoms with Crippen LogP contribution in [0.1, 0.15) is 6.92 Å². The minimum absolute atomic E-state index is 0.392. The summed E-state index contributed by atoms with van der Waals surface area (Å²) in [6.45, 7) is 1.10. The molecule has 0 fully saturated rings. The van der Waals surface area contributed by atoms with Crippen LogP contribution in [0.2, 0.25) is 0 Å². The highest BCUT2D eigenvalue weighted by Crippen LogP contribution is 2.27. The molecule has 0 saturated heterocycles. The van der Waals surface area contributed by atoms with E-state index in [9.17, 15) is 21.6 Å². The van der Waals surface area contributed by atoms with Gasteiger partial charge >= 0.3 is 15.6 Å². The third-order valence-corrected chi connectivity index (χ3v) is 2.35. The van der Waals surface area contributed by atoms with Gasteiger partial charge in [-0.1, -0.05) is 0 Å². The molecule has 1 aliphatic rings. The van der Waals surface area contributed by atoms with Gasteiger partial charge in [0.25, 0.3) is 0 Å². The Hall–Kier alpha value is -0.960. The summed E-state index contributed by atoms with van der Waals surface area (Å²) in [7, 11) is -5.64. The van der Waals surface area contributed by atoms with E-state index in [1.165, 1.54) is 6.92 Å². The molecule has 88 valence electrons. The van der Waals surface area contributed by atoms with Gasteiger partial charge in [-0.05, 0) is 6.92 Å². The zero-order chi connectivity index (χ0) is 11.7. The third kappa shape index (κ3) is 2.99. The van der Waals surface area contributed by atoms with Gasteiger partial charge in [-0.2, -0.15) is 21.6 Å². The highest BCUT2D eigenvalue weighted by molar-refractivity contribution is 7.87. The lowest BCUT2D eigenvalue weighted by Crippen LogP contribution is -2.28. The van der Waals surface area contributed by atoms with Crippen molar-refractivity contribution < 1.29 is 35.2 Å². The van der Waals surface area contributed by atoms with Crippen molar-refractivity contribution in [1.82, 2.24) is 0 Å². The summed E-state index contributed by atoms with van der Waals surface area (Å²) in [4.78, 5) is 0. The Balaban J connectivity index is 2.72. The first-order chi connectivity index (χ1) is 6.72. The SMILES string of the molecule is CC1OC=C(OS(=O)(=O)C(F)(F)F)CO1. The van der Waals surface area contributed by atoms with Crippen molar-refractivity contribution in [3.63, 3.8) is 0 Å². The molecule has 1 unspecified atom stereocenters. The lowest BCUT2D eigenvalue weighted by molar-refractivity contribution is -0.113. The molecule has 15 heavy (non-hydrogen) atoms. The first kappa shape index (κ1) is 12.1. The predicted molar refractivity (Wildman–Crippen MR) is 40.6 cm³/mol. The number of rotatable bonds is 2. The quantitative estimate of drug-likeness (QED) is 0.540. The molecule has 0 bridgehead atoms. The van der Waals surface area contributed by atoms with Crippen LogP contribution in [0.25, 0.3) is 0 Å². The second-order valence-corrected chi connectivity index (χ2v) is 4.12. The predicted octanol–water partition coefficient (Wildman–Crippen LogP) is 1.09. The molecule has 1 rings (SSSR count). The van der Waals surface area contributed by atoms with Crippen LogP contribution in [0.4, 0.5) is 13.2 Å². The topological polar surface area (TPSA) is 61.8 Å². The highest BCUT2D eigenvalue weighted by atomic mass is 32.2. The summed E-state index contributed by atoms with van der Waals surface area (Å²) in [6.07, 6.45) is 0.128. The van der Waals surface area contributed by atoms with Gasteiger partial charge in [-0.15, -0.1) is 0 Å². The van der Waals surface area contributed by atoms with Gasteiger partial charge in [0.15, 0.2) is 12.0 Å². The van der Waals surface area contributed by atoms with E-state index in [1.54, 1.807) is 0 Å². The Morgan fingerprint density at radius 1 is 1.53 bits per heavy atom. The molecule has 0 aliphatic carbocycles. The third-order valence-electron chi connectivity index (χ3n) is 1.35. The van der Waals surface area contributed by atoms with E-state index >= 15 is 0 Å². The molecule has 0 amide bonds. The Labute approximate surface area is 83.5 Å². The monoisotopic (exact) mass is 248 g/mol. The molecule has 0 spiro atoms. The zero-order valence-corrected chi connectivity index (χ0v) is 8.26. The van der Waals surface area contributed by atoms with E-state index in [2.05, 4.69) is 8.92 Å². The van der Waals surface area contributed by atoms with E-state index in [-0.39, 0.29) is 0 Å². The van der Waals surface area contributed by atoms with Crippen molar-refractivity contribution in [2.24, 2.45) is 0 Å². The highest BCUT2D eigenvalue weighted by Gasteiger charge is 2.49. The van der Waals surface area contributed by atoms with E-state index in [0.717, 1.165) is 6.26 Å². The van der Waals surface area contributed by atoms with Gasteiger partial charge in [0.05, 0.1) is 0 Å². The lowest BCUT2D eigenvalue weighted by atomic mass is 10.5. The molecule has 1 heterocycles. The summed E-state index contributed by atoms with van der Waals surface area (Å²) in [5.41, 5.74) is -5.46. The standard InChI is InChI=1S/C6H7F3O5S/c1-4-12-2-5(3-13-4)14-15(10,11)6(7,8)9/h2,4H,3H2,1H3. The summed E-state index contributed by atoms with van der Waals surface area (Å²) in [5, 5.41) is 0. The average Bonchev–Trinajstić information content (AvgIpc) is 2.06. The maximum absolute atomic E-state index is 11.8. The molecule has 1 atom stereocenters. The molecule has 0 aromatic rings.